The van der Waals surface area contributed by atoms with Crippen LogP contribution >= 0.6 is 0 Å². The van der Waals surface area contributed by atoms with Crippen LogP contribution in [0.3, 0.4) is 0 Å². The normalized spacial score (nSPS) is 13.3. The first-order valence-corrected chi connectivity index (χ1v) is 8.18. The second kappa shape index (κ2) is 6.65. The third-order valence-electron chi connectivity index (χ3n) is 3.37. The standard InChI is InChI=1S/C13H18F3N3O4S/c1-12(2,7-17)8-18(3)24(22,23)11-5-4-9(19(20)21)6-10(11)13(14,15)16/h4-6H,7-8,17H2,1-3H3. The molecule has 0 saturated carbocycles. The molecule has 2 N–H and O–H groups in total. The smallest absolute Gasteiger partial charge is 0.330 e. The number of nitro benzene ring substituents is 1. The van der Waals surface area contributed by atoms with E-state index < -0.39 is 42.7 Å². The molecule has 0 unspecified atom stereocenters. The van der Waals surface area contributed by atoms with Crippen molar-refractivity contribution in [2.45, 2.75) is 24.9 Å². The Labute approximate surface area is 137 Å². The van der Waals surface area contributed by atoms with Crippen molar-refractivity contribution in [3.05, 3.63) is 33.9 Å². The highest BCUT2D eigenvalue weighted by molar-refractivity contribution is 7.89. The predicted molar refractivity (Wildman–Crippen MR) is 80.7 cm³/mol. The molecular weight excluding hydrogens is 351 g/mol. The quantitative estimate of drug-likeness (QED) is 0.611. The van der Waals surface area contributed by atoms with Gasteiger partial charge < -0.3 is 5.73 Å². The van der Waals surface area contributed by atoms with E-state index in [0.717, 1.165) is 17.4 Å². The molecule has 0 radical (unpaired) electrons. The van der Waals surface area contributed by atoms with Crippen molar-refractivity contribution in [2.75, 3.05) is 20.1 Å². The Kier molecular flexibility index (Phi) is 5.63. The average Bonchev–Trinajstić information content (AvgIpc) is 2.45. The Balaban J connectivity index is 3.46. The summed E-state index contributed by atoms with van der Waals surface area (Å²) in [5, 5.41) is 10.7. The van der Waals surface area contributed by atoms with Crippen LogP contribution in [0.25, 0.3) is 0 Å². The first-order chi connectivity index (χ1) is 10.7. The zero-order valence-corrected chi connectivity index (χ0v) is 14.1. The van der Waals surface area contributed by atoms with Crippen molar-refractivity contribution in [3.8, 4) is 0 Å². The first-order valence-electron chi connectivity index (χ1n) is 6.74. The summed E-state index contributed by atoms with van der Waals surface area (Å²) in [6.45, 7) is 3.35. The Morgan fingerprint density at radius 2 is 1.83 bits per heavy atom. The molecule has 0 fully saturated rings. The van der Waals surface area contributed by atoms with Crippen LogP contribution in [0.2, 0.25) is 0 Å². The van der Waals surface area contributed by atoms with E-state index in [9.17, 15) is 31.7 Å². The molecule has 0 spiro atoms. The number of sulfonamides is 1. The molecule has 0 amide bonds. The van der Waals surface area contributed by atoms with E-state index in [4.69, 9.17) is 5.73 Å². The highest BCUT2D eigenvalue weighted by Crippen LogP contribution is 2.37. The van der Waals surface area contributed by atoms with Crippen LogP contribution in [0.15, 0.2) is 23.1 Å². The van der Waals surface area contributed by atoms with Crippen molar-refractivity contribution >= 4 is 15.7 Å². The van der Waals surface area contributed by atoms with Gasteiger partial charge in [-0.25, -0.2) is 12.7 Å². The molecule has 1 aromatic rings. The van der Waals surface area contributed by atoms with Gasteiger partial charge in [0.2, 0.25) is 10.0 Å². The van der Waals surface area contributed by atoms with Gasteiger partial charge in [-0.2, -0.15) is 13.2 Å². The molecule has 0 aliphatic rings. The Morgan fingerprint density at radius 3 is 2.25 bits per heavy atom. The second-order valence-electron chi connectivity index (χ2n) is 6.06. The van der Waals surface area contributed by atoms with Crippen LogP contribution in [0.4, 0.5) is 18.9 Å². The van der Waals surface area contributed by atoms with Gasteiger partial charge in [-0.05, 0) is 18.0 Å². The molecule has 0 bridgehead atoms. The van der Waals surface area contributed by atoms with Crippen LogP contribution in [0.1, 0.15) is 19.4 Å². The zero-order chi connectivity index (χ0) is 18.9. The van der Waals surface area contributed by atoms with E-state index >= 15 is 0 Å². The molecule has 1 aromatic carbocycles. The topological polar surface area (TPSA) is 107 Å². The van der Waals surface area contributed by atoms with Crippen LogP contribution in [-0.4, -0.2) is 37.8 Å². The molecule has 7 nitrogen and oxygen atoms in total. The van der Waals surface area contributed by atoms with Gasteiger partial charge in [0.1, 0.15) is 0 Å². The third-order valence-corrected chi connectivity index (χ3v) is 5.23. The molecule has 0 aliphatic heterocycles. The van der Waals surface area contributed by atoms with Crippen LogP contribution < -0.4 is 5.73 Å². The molecule has 0 aromatic heterocycles. The molecule has 0 atom stereocenters. The maximum atomic E-state index is 13.2. The SMILES string of the molecule is CN(CC(C)(C)CN)S(=O)(=O)c1ccc([N+](=O)[O-])cc1C(F)(F)F. The summed E-state index contributed by atoms with van der Waals surface area (Å²) in [6, 6.07) is 1.54. The first kappa shape index (κ1) is 20.3. The van der Waals surface area contributed by atoms with E-state index in [1.54, 1.807) is 13.8 Å². The number of nitro groups is 1. The maximum absolute atomic E-state index is 13.2. The zero-order valence-electron chi connectivity index (χ0n) is 13.3. The fourth-order valence-electron chi connectivity index (χ4n) is 2.00. The predicted octanol–water partition coefficient (Wildman–Crippen LogP) is 2.22. The lowest BCUT2D eigenvalue weighted by Gasteiger charge is -2.29. The molecule has 136 valence electrons. The number of nitrogens with two attached hydrogens (primary N) is 1. The van der Waals surface area contributed by atoms with Crippen LogP contribution in [0.5, 0.6) is 0 Å². The lowest BCUT2D eigenvalue weighted by molar-refractivity contribution is -0.385. The summed E-state index contributed by atoms with van der Waals surface area (Å²) in [5.41, 5.74) is 2.44. The van der Waals surface area contributed by atoms with E-state index in [-0.39, 0.29) is 19.2 Å². The highest BCUT2D eigenvalue weighted by atomic mass is 32.2. The summed E-state index contributed by atoms with van der Waals surface area (Å²) in [5.74, 6) is 0. The molecule has 0 aliphatic carbocycles. The van der Waals surface area contributed by atoms with Gasteiger partial charge >= 0.3 is 6.18 Å². The largest absolute Gasteiger partial charge is 0.417 e. The number of hydrogen-bond donors (Lipinski definition) is 1. The molecular formula is C13H18F3N3O4S. The van der Waals surface area contributed by atoms with Crippen molar-refractivity contribution in [2.24, 2.45) is 11.1 Å². The fraction of sp³-hybridized carbons (Fsp3) is 0.538. The lowest BCUT2D eigenvalue weighted by atomic mass is 9.94. The van der Waals surface area contributed by atoms with Crippen molar-refractivity contribution in [1.82, 2.24) is 4.31 Å². The lowest BCUT2D eigenvalue weighted by Crippen LogP contribution is -2.40. The van der Waals surface area contributed by atoms with Gasteiger partial charge in [-0.15, -0.1) is 0 Å². The minimum absolute atomic E-state index is 0.111. The van der Waals surface area contributed by atoms with Crippen molar-refractivity contribution < 1.29 is 26.5 Å². The Bertz CT molecular complexity index is 732. The molecule has 0 saturated heterocycles. The van der Waals surface area contributed by atoms with Gasteiger partial charge in [0, 0.05) is 25.7 Å². The van der Waals surface area contributed by atoms with Crippen molar-refractivity contribution in [1.29, 1.82) is 0 Å². The molecule has 11 heteroatoms. The average molecular weight is 369 g/mol. The van der Waals surface area contributed by atoms with Crippen LogP contribution in [0, 0.1) is 15.5 Å². The Hall–Kier alpha value is -1.72. The van der Waals surface area contributed by atoms with Gasteiger partial charge in [0.15, 0.2) is 0 Å². The summed E-state index contributed by atoms with van der Waals surface area (Å²) < 4.78 is 65.2. The van der Waals surface area contributed by atoms with E-state index in [1.807, 2.05) is 0 Å². The maximum Gasteiger partial charge on any atom is 0.417 e. The molecule has 0 heterocycles. The number of hydrogen-bond acceptors (Lipinski definition) is 5. The second-order valence-corrected chi connectivity index (χ2v) is 8.08. The number of rotatable bonds is 6. The van der Waals surface area contributed by atoms with E-state index in [1.165, 1.54) is 0 Å². The summed E-state index contributed by atoms with van der Waals surface area (Å²) in [7, 11) is -3.37. The summed E-state index contributed by atoms with van der Waals surface area (Å²) in [6.07, 6.45) is -5.06. The number of benzene rings is 1. The summed E-state index contributed by atoms with van der Waals surface area (Å²) >= 11 is 0. The van der Waals surface area contributed by atoms with E-state index in [2.05, 4.69) is 0 Å². The van der Waals surface area contributed by atoms with Gasteiger partial charge in [0.25, 0.3) is 5.69 Å². The number of nitrogens with zero attached hydrogens (tertiary/aromatic N) is 2. The third kappa shape index (κ3) is 4.42. The van der Waals surface area contributed by atoms with Crippen molar-refractivity contribution in [3.63, 3.8) is 0 Å². The summed E-state index contributed by atoms with van der Waals surface area (Å²) in [4.78, 5) is 8.61. The van der Waals surface area contributed by atoms with Crippen LogP contribution in [-0.2, 0) is 16.2 Å². The van der Waals surface area contributed by atoms with E-state index in [0.29, 0.717) is 6.07 Å². The fourth-order valence-corrected chi connectivity index (χ4v) is 3.55. The number of alkyl halides is 3. The van der Waals surface area contributed by atoms with Gasteiger partial charge in [-0.1, -0.05) is 13.8 Å². The minimum atomic E-state index is -5.06. The molecule has 24 heavy (non-hydrogen) atoms. The minimum Gasteiger partial charge on any atom is -0.330 e. The number of non-ortho nitro benzene ring substituents is 1. The van der Waals surface area contributed by atoms with Gasteiger partial charge in [0.05, 0.1) is 15.4 Å². The Morgan fingerprint density at radius 1 is 1.29 bits per heavy atom. The monoisotopic (exact) mass is 369 g/mol. The number of halogens is 3. The molecule has 1 rings (SSSR count). The van der Waals surface area contributed by atoms with Gasteiger partial charge in [-0.3, -0.25) is 10.1 Å². The highest BCUT2D eigenvalue weighted by Gasteiger charge is 2.40.